The monoisotopic (exact) mass is 449 g/mol. The molecule has 2 N–H and O–H groups in total. The van der Waals surface area contributed by atoms with E-state index in [-0.39, 0.29) is 23.6 Å². The summed E-state index contributed by atoms with van der Waals surface area (Å²) in [7, 11) is 1.52. The van der Waals surface area contributed by atoms with Crippen LogP contribution in [0.25, 0.3) is 6.08 Å². The number of amides is 1. The number of hydrogen-bond acceptors (Lipinski definition) is 4. The predicted molar refractivity (Wildman–Crippen MR) is 130 cm³/mol. The highest BCUT2D eigenvalue weighted by atomic mass is 16.5. The number of phenolic OH excluding ortho intramolecular Hbond substituents is 1. The topological polar surface area (TPSA) is 70.0 Å². The van der Waals surface area contributed by atoms with Crippen LogP contribution < -0.4 is 4.74 Å². The van der Waals surface area contributed by atoms with Crippen molar-refractivity contribution in [1.82, 2.24) is 4.90 Å². The molecule has 1 amide bonds. The quantitative estimate of drug-likeness (QED) is 0.597. The molecule has 5 heteroatoms. The SMILES string of the molecule is COc1cc([C@H]2[C@@H]3CCCC[C@@]3(O)CCN2C(=O)/C=C/c2ccc(C(C)C)cc2)ccc1O. The number of carbonyl (C=O) groups is 1. The fourth-order valence-electron chi connectivity index (χ4n) is 5.47. The summed E-state index contributed by atoms with van der Waals surface area (Å²) in [5.41, 5.74) is 2.38. The minimum atomic E-state index is -0.763. The lowest BCUT2D eigenvalue weighted by atomic mass is 9.66. The summed E-state index contributed by atoms with van der Waals surface area (Å²) in [5.74, 6) is 0.809. The molecule has 0 spiro atoms. The second kappa shape index (κ2) is 9.60. The lowest BCUT2D eigenvalue weighted by Gasteiger charge is -2.52. The third kappa shape index (κ3) is 4.79. The Labute approximate surface area is 196 Å². The lowest BCUT2D eigenvalue weighted by Crippen LogP contribution is -2.56. The molecule has 0 bridgehead atoms. The van der Waals surface area contributed by atoms with E-state index in [2.05, 4.69) is 26.0 Å². The van der Waals surface area contributed by atoms with Gasteiger partial charge >= 0.3 is 0 Å². The van der Waals surface area contributed by atoms with Crippen LogP contribution in [0.1, 0.15) is 74.6 Å². The number of piperidine rings is 1. The Morgan fingerprint density at radius 3 is 2.61 bits per heavy atom. The zero-order valence-corrected chi connectivity index (χ0v) is 19.8. The zero-order chi connectivity index (χ0) is 23.6. The van der Waals surface area contributed by atoms with Gasteiger partial charge in [-0.05, 0) is 60.1 Å². The van der Waals surface area contributed by atoms with Crippen molar-refractivity contribution in [1.29, 1.82) is 0 Å². The van der Waals surface area contributed by atoms with E-state index in [1.807, 2.05) is 29.2 Å². The van der Waals surface area contributed by atoms with Crippen molar-refractivity contribution in [3.63, 3.8) is 0 Å². The number of aromatic hydroxyl groups is 1. The van der Waals surface area contributed by atoms with Crippen LogP contribution in [0.15, 0.2) is 48.5 Å². The van der Waals surface area contributed by atoms with Crippen LogP contribution in [-0.4, -0.2) is 40.3 Å². The first kappa shape index (κ1) is 23.4. The van der Waals surface area contributed by atoms with Crippen molar-refractivity contribution in [3.05, 3.63) is 65.2 Å². The molecule has 0 unspecified atom stereocenters. The van der Waals surface area contributed by atoms with Gasteiger partial charge in [0.2, 0.25) is 5.91 Å². The zero-order valence-electron chi connectivity index (χ0n) is 19.8. The number of rotatable bonds is 5. The number of phenols is 1. The van der Waals surface area contributed by atoms with Crippen molar-refractivity contribution in [2.75, 3.05) is 13.7 Å². The molecule has 176 valence electrons. The minimum absolute atomic E-state index is 0.0445. The number of fused-ring (bicyclic) bond motifs is 1. The molecule has 2 aliphatic rings. The summed E-state index contributed by atoms with van der Waals surface area (Å²) in [5, 5.41) is 21.5. The highest BCUT2D eigenvalue weighted by Gasteiger charge is 2.50. The van der Waals surface area contributed by atoms with Gasteiger partial charge in [-0.2, -0.15) is 0 Å². The van der Waals surface area contributed by atoms with Crippen molar-refractivity contribution >= 4 is 12.0 Å². The first-order valence-electron chi connectivity index (χ1n) is 12.0. The Bertz CT molecular complexity index is 1010. The highest BCUT2D eigenvalue weighted by molar-refractivity contribution is 5.92. The molecule has 1 aliphatic heterocycles. The average molecular weight is 450 g/mol. The Balaban J connectivity index is 1.64. The second-order valence-corrected chi connectivity index (χ2v) is 9.77. The van der Waals surface area contributed by atoms with Crippen LogP contribution >= 0.6 is 0 Å². The fraction of sp³-hybridized carbons (Fsp3) is 0.464. The van der Waals surface area contributed by atoms with E-state index >= 15 is 0 Å². The molecule has 4 rings (SSSR count). The van der Waals surface area contributed by atoms with Gasteiger partial charge in [0.25, 0.3) is 0 Å². The molecule has 1 saturated carbocycles. The van der Waals surface area contributed by atoms with Gasteiger partial charge in [-0.3, -0.25) is 4.79 Å². The van der Waals surface area contributed by atoms with Crippen molar-refractivity contribution in [3.8, 4) is 11.5 Å². The normalized spacial score (nSPS) is 25.3. The molecule has 0 radical (unpaired) electrons. The molecule has 33 heavy (non-hydrogen) atoms. The third-order valence-corrected chi connectivity index (χ3v) is 7.42. The maximum atomic E-state index is 13.4. The maximum absolute atomic E-state index is 13.4. The first-order chi connectivity index (χ1) is 15.8. The number of aliphatic hydroxyl groups is 1. The summed E-state index contributed by atoms with van der Waals surface area (Å²) in [4.78, 5) is 15.3. The average Bonchev–Trinajstić information content (AvgIpc) is 2.82. The molecule has 1 aliphatic carbocycles. The first-order valence-corrected chi connectivity index (χ1v) is 12.0. The highest BCUT2D eigenvalue weighted by Crippen LogP contribution is 2.50. The Hall–Kier alpha value is -2.79. The maximum Gasteiger partial charge on any atom is 0.247 e. The minimum Gasteiger partial charge on any atom is -0.504 e. The van der Waals surface area contributed by atoms with Crippen LogP contribution in [0.5, 0.6) is 11.5 Å². The Kier molecular flexibility index (Phi) is 6.80. The Morgan fingerprint density at radius 1 is 1.15 bits per heavy atom. The molecule has 2 fully saturated rings. The molecule has 2 aromatic carbocycles. The summed E-state index contributed by atoms with van der Waals surface area (Å²) < 4.78 is 5.34. The standard InChI is InChI=1S/C28H35NO4/c1-19(2)21-10-7-20(8-11-21)9-14-26(31)29-17-16-28(32)15-5-4-6-23(28)27(29)22-12-13-24(30)25(18-22)33-3/h7-14,18-19,23,27,30,32H,4-6,15-17H2,1-3H3/b14-9+/t23-,27-,28+/m0/s1. The van der Waals surface area contributed by atoms with Crippen LogP contribution in [-0.2, 0) is 4.79 Å². The molecule has 1 saturated heterocycles. The van der Waals surface area contributed by atoms with E-state index in [0.717, 1.165) is 36.8 Å². The number of ether oxygens (including phenoxy) is 1. The number of benzene rings is 2. The van der Waals surface area contributed by atoms with Gasteiger partial charge < -0.3 is 19.8 Å². The van der Waals surface area contributed by atoms with Crippen molar-refractivity contribution in [2.45, 2.75) is 63.5 Å². The van der Waals surface area contributed by atoms with Gasteiger partial charge in [-0.15, -0.1) is 0 Å². The third-order valence-electron chi connectivity index (χ3n) is 7.42. The van der Waals surface area contributed by atoms with Crippen LogP contribution in [0, 0.1) is 5.92 Å². The smallest absolute Gasteiger partial charge is 0.247 e. The number of methoxy groups -OCH3 is 1. The summed E-state index contributed by atoms with van der Waals surface area (Å²) >= 11 is 0. The largest absolute Gasteiger partial charge is 0.504 e. The fourth-order valence-corrected chi connectivity index (χ4v) is 5.47. The van der Waals surface area contributed by atoms with Gasteiger partial charge in [0.1, 0.15) is 0 Å². The van der Waals surface area contributed by atoms with Gasteiger partial charge in [-0.25, -0.2) is 0 Å². The van der Waals surface area contributed by atoms with Crippen LogP contribution in [0.3, 0.4) is 0 Å². The summed E-state index contributed by atoms with van der Waals surface area (Å²) in [6.45, 7) is 4.82. The number of hydrogen-bond donors (Lipinski definition) is 2. The molecular weight excluding hydrogens is 414 g/mol. The predicted octanol–water partition coefficient (Wildman–Crippen LogP) is 5.43. The lowest BCUT2D eigenvalue weighted by molar-refractivity contribution is -0.150. The number of likely N-dealkylation sites (tertiary alicyclic amines) is 1. The van der Waals surface area contributed by atoms with E-state index in [1.54, 1.807) is 18.2 Å². The second-order valence-electron chi connectivity index (χ2n) is 9.77. The van der Waals surface area contributed by atoms with Crippen molar-refractivity contribution in [2.24, 2.45) is 5.92 Å². The summed E-state index contributed by atoms with van der Waals surface area (Å²) in [6.07, 6.45) is 7.78. The van der Waals surface area contributed by atoms with Gasteiger partial charge in [0.15, 0.2) is 11.5 Å². The van der Waals surface area contributed by atoms with E-state index in [1.165, 1.54) is 12.7 Å². The van der Waals surface area contributed by atoms with Crippen LogP contribution in [0.2, 0.25) is 0 Å². The molecule has 1 heterocycles. The number of nitrogens with zero attached hydrogens (tertiary/aromatic N) is 1. The Morgan fingerprint density at radius 2 is 1.91 bits per heavy atom. The molecule has 3 atom stereocenters. The van der Waals surface area contributed by atoms with Gasteiger partial charge in [0, 0.05) is 18.5 Å². The van der Waals surface area contributed by atoms with E-state index in [4.69, 9.17) is 4.74 Å². The van der Waals surface area contributed by atoms with Gasteiger partial charge in [-0.1, -0.05) is 57.0 Å². The molecule has 5 nitrogen and oxygen atoms in total. The summed E-state index contributed by atoms with van der Waals surface area (Å²) in [6, 6.07) is 13.3. The van der Waals surface area contributed by atoms with E-state index in [0.29, 0.717) is 24.6 Å². The molecular formula is C28H35NO4. The number of carbonyl (C=O) groups excluding carboxylic acids is 1. The van der Waals surface area contributed by atoms with E-state index < -0.39 is 5.60 Å². The molecule has 2 aromatic rings. The molecule has 0 aromatic heterocycles. The van der Waals surface area contributed by atoms with E-state index in [9.17, 15) is 15.0 Å². The van der Waals surface area contributed by atoms with Gasteiger partial charge in [0.05, 0.1) is 18.8 Å². The van der Waals surface area contributed by atoms with Crippen molar-refractivity contribution < 1.29 is 19.7 Å². The van der Waals surface area contributed by atoms with Crippen LogP contribution in [0.4, 0.5) is 0 Å².